The van der Waals surface area contributed by atoms with Gasteiger partial charge in [0.2, 0.25) is 11.8 Å². The SMILES string of the molecule is CC(C)c1nc(C2CCN(c3ncnc4c(-c5ccc(N6CNCC6=O)c(F)c5)cc(F)cc34)CC2)no1. The van der Waals surface area contributed by atoms with Crippen LogP contribution in [0.25, 0.3) is 22.0 Å². The molecule has 2 saturated heterocycles. The third-order valence-corrected chi connectivity index (χ3v) is 7.19. The van der Waals surface area contributed by atoms with Crippen molar-refractivity contribution >= 4 is 28.3 Å². The second-order valence-electron chi connectivity index (χ2n) is 10.0. The van der Waals surface area contributed by atoms with E-state index in [0.717, 1.165) is 18.7 Å². The average Bonchev–Trinajstić information content (AvgIpc) is 3.58. The summed E-state index contributed by atoms with van der Waals surface area (Å²) in [6.45, 7) is 5.83. The molecule has 0 spiro atoms. The largest absolute Gasteiger partial charge is 0.356 e. The summed E-state index contributed by atoms with van der Waals surface area (Å²) in [6, 6.07) is 7.32. The van der Waals surface area contributed by atoms with Gasteiger partial charge in [-0.2, -0.15) is 4.98 Å². The van der Waals surface area contributed by atoms with Crippen LogP contribution in [0.15, 0.2) is 41.2 Å². The van der Waals surface area contributed by atoms with Crippen LogP contribution < -0.4 is 15.1 Å². The number of piperidine rings is 1. The van der Waals surface area contributed by atoms with Crippen molar-refractivity contribution in [1.29, 1.82) is 0 Å². The lowest BCUT2D eigenvalue weighted by molar-refractivity contribution is -0.116. The molecule has 4 aromatic rings. The minimum absolute atomic E-state index is 0.167. The number of amides is 1. The molecule has 1 amide bonds. The minimum atomic E-state index is -0.560. The number of nitrogens with zero attached hydrogens (tertiary/aromatic N) is 6. The summed E-state index contributed by atoms with van der Waals surface area (Å²) in [6.07, 6.45) is 3.07. The molecule has 0 bridgehead atoms. The predicted octanol–water partition coefficient (Wildman–Crippen LogP) is 4.36. The molecule has 6 rings (SSSR count). The lowest BCUT2D eigenvalue weighted by atomic mass is 9.95. The summed E-state index contributed by atoms with van der Waals surface area (Å²) in [4.78, 5) is 29.0. The van der Waals surface area contributed by atoms with E-state index in [2.05, 4.69) is 30.3 Å². The zero-order valence-corrected chi connectivity index (χ0v) is 21.1. The molecule has 0 unspecified atom stereocenters. The maximum absolute atomic E-state index is 15.1. The van der Waals surface area contributed by atoms with E-state index in [4.69, 9.17) is 4.52 Å². The van der Waals surface area contributed by atoms with Gasteiger partial charge in [-0.25, -0.2) is 18.7 Å². The van der Waals surface area contributed by atoms with Crippen LogP contribution in [0.3, 0.4) is 0 Å². The van der Waals surface area contributed by atoms with E-state index in [1.54, 1.807) is 12.1 Å². The Bertz CT molecular complexity index is 1510. The Kier molecular flexibility index (Phi) is 6.22. The van der Waals surface area contributed by atoms with Crippen LogP contribution in [0.5, 0.6) is 0 Å². The number of carbonyl (C=O) groups is 1. The molecule has 1 N–H and O–H groups in total. The van der Waals surface area contributed by atoms with Crippen molar-refractivity contribution in [1.82, 2.24) is 25.4 Å². The maximum Gasteiger partial charge on any atom is 0.242 e. The Balaban J connectivity index is 1.29. The Morgan fingerprint density at radius 3 is 2.61 bits per heavy atom. The van der Waals surface area contributed by atoms with Crippen LogP contribution in [0.2, 0.25) is 0 Å². The average molecular weight is 520 g/mol. The van der Waals surface area contributed by atoms with Crippen molar-refractivity contribution < 1.29 is 18.1 Å². The fourth-order valence-electron chi connectivity index (χ4n) is 5.16. The molecule has 0 atom stereocenters. The van der Waals surface area contributed by atoms with Gasteiger partial charge in [0.05, 0.1) is 24.4 Å². The van der Waals surface area contributed by atoms with Crippen molar-refractivity contribution in [2.24, 2.45) is 0 Å². The first-order valence-corrected chi connectivity index (χ1v) is 12.7. The molecule has 2 aromatic carbocycles. The fraction of sp³-hybridized carbons (Fsp3) is 0.370. The Morgan fingerprint density at radius 2 is 1.92 bits per heavy atom. The third-order valence-electron chi connectivity index (χ3n) is 7.19. The predicted molar refractivity (Wildman–Crippen MR) is 138 cm³/mol. The first-order chi connectivity index (χ1) is 18.4. The summed E-state index contributed by atoms with van der Waals surface area (Å²) >= 11 is 0. The molecule has 0 aliphatic carbocycles. The number of carbonyl (C=O) groups excluding carboxylic acids is 1. The minimum Gasteiger partial charge on any atom is -0.356 e. The number of hydrogen-bond donors (Lipinski definition) is 1. The monoisotopic (exact) mass is 519 g/mol. The summed E-state index contributed by atoms with van der Waals surface area (Å²) in [5.41, 5.74) is 1.65. The van der Waals surface area contributed by atoms with Crippen LogP contribution in [0.4, 0.5) is 20.3 Å². The van der Waals surface area contributed by atoms with Crippen molar-refractivity contribution in [3.63, 3.8) is 0 Å². The van der Waals surface area contributed by atoms with Crippen molar-refractivity contribution in [3.05, 3.63) is 60.0 Å². The number of nitrogens with one attached hydrogen (secondary N) is 1. The van der Waals surface area contributed by atoms with Gasteiger partial charge in [-0.15, -0.1) is 0 Å². The number of rotatable bonds is 5. The first-order valence-electron chi connectivity index (χ1n) is 12.7. The third kappa shape index (κ3) is 4.36. The van der Waals surface area contributed by atoms with Crippen molar-refractivity contribution in [3.8, 4) is 11.1 Å². The molecule has 2 fully saturated rings. The number of benzene rings is 2. The fourth-order valence-corrected chi connectivity index (χ4v) is 5.16. The van der Waals surface area contributed by atoms with Gasteiger partial charge in [0.1, 0.15) is 23.8 Å². The van der Waals surface area contributed by atoms with E-state index in [1.807, 2.05) is 13.8 Å². The van der Waals surface area contributed by atoms with Gasteiger partial charge in [-0.05, 0) is 42.7 Å². The normalized spacial score (nSPS) is 16.8. The van der Waals surface area contributed by atoms with Crippen molar-refractivity contribution in [2.45, 2.75) is 38.5 Å². The van der Waals surface area contributed by atoms with Crippen LogP contribution in [-0.2, 0) is 4.79 Å². The van der Waals surface area contributed by atoms with E-state index in [9.17, 15) is 9.18 Å². The van der Waals surface area contributed by atoms with Gasteiger partial charge < -0.3 is 9.42 Å². The standard InChI is InChI=1S/C27H27F2N7O2/c1-15(2)27-33-25(34-38-27)16-5-7-35(8-6-16)26-20-11-18(28)10-19(24(20)31-13-32-26)17-3-4-22(21(29)9-17)36-14-30-12-23(36)37/h3-4,9-11,13,15-16,30H,5-8,12,14H2,1-2H3. The van der Waals surface area contributed by atoms with Crippen molar-refractivity contribution in [2.75, 3.05) is 36.1 Å². The highest BCUT2D eigenvalue weighted by atomic mass is 19.1. The second kappa shape index (κ2) is 9.71. The van der Waals surface area contributed by atoms with Gasteiger partial charge in [0.15, 0.2) is 5.82 Å². The van der Waals surface area contributed by atoms with E-state index in [0.29, 0.717) is 46.8 Å². The molecule has 4 heterocycles. The van der Waals surface area contributed by atoms with Crippen LogP contribution in [0.1, 0.15) is 50.2 Å². The number of halogens is 2. The molecule has 11 heteroatoms. The topological polar surface area (TPSA) is 100 Å². The van der Waals surface area contributed by atoms with Gasteiger partial charge >= 0.3 is 0 Å². The van der Waals surface area contributed by atoms with E-state index in [-0.39, 0.29) is 36.6 Å². The molecule has 0 saturated carbocycles. The molecule has 2 aromatic heterocycles. The Hall–Kier alpha value is -3.99. The lowest BCUT2D eigenvalue weighted by Gasteiger charge is -2.32. The highest BCUT2D eigenvalue weighted by Crippen LogP contribution is 2.36. The highest BCUT2D eigenvalue weighted by Gasteiger charge is 2.28. The van der Waals surface area contributed by atoms with Crippen LogP contribution in [0, 0.1) is 11.6 Å². The molecule has 0 radical (unpaired) electrons. The van der Waals surface area contributed by atoms with Gasteiger partial charge in [-0.1, -0.05) is 25.1 Å². The molecule has 2 aliphatic heterocycles. The second-order valence-corrected chi connectivity index (χ2v) is 10.0. The summed E-state index contributed by atoms with van der Waals surface area (Å²) in [5.74, 6) is 1.14. The zero-order chi connectivity index (χ0) is 26.4. The zero-order valence-electron chi connectivity index (χ0n) is 21.1. The molecule has 38 heavy (non-hydrogen) atoms. The molecule has 196 valence electrons. The number of fused-ring (bicyclic) bond motifs is 1. The number of anilines is 2. The van der Waals surface area contributed by atoms with E-state index in [1.165, 1.54) is 29.4 Å². The molecule has 2 aliphatic rings. The lowest BCUT2D eigenvalue weighted by Crippen LogP contribution is -2.34. The van der Waals surface area contributed by atoms with Crippen LogP contribution >= 0.6 is 0 Å². The van der Waals surface area contributed by atoms with E-state index >= 15 is 4.39 Å². The number of hydrogen-bond acceptors (Lipinski definition) is 8. The summed E-state index contributed by atoms with van der Waals surface area (Å²) in [5, 5.41) is 7.64. The first kappa shape index (κ1) is 24.4. The molecular weight excluding hydrogens is 492 g/mol. The van der Waals surface area contributed by atoms with Crippen LogP contribution in [-0.4, -0.2) is 52.3 Å². The summed E-state index contributed by atoms with van der Waals surface area (Å²) in [7, 11) is 0. The Morgan fingerprint density at radius 1 is 1.11 bits per heavy atom. The van der Waals surface area contributed by atoms with E-state index < -0.39 is 11.6 Å². The quantitative estimate of drug-likeness (QED) is 0.415. The smallest absolute Gasteiger partial charge is 0.242 e. The van der Waals surface area contributed by atoms with Gasteiger partial charge in [0.25, 0.3) is 0 Å². The highest BCUT2D eigenvalue weighted by molar-refractivity contribution is 6.00. The summed E-state index contributed by atoms with van der Waals surface area (Å²) < 4.78 is 35.4. The van der Waals surface area contributed by atoms with Gasteiger partial charge in [0, 0.05) is 35.9 Å². The Labute approximate surface area is 217 Å². The number of aromatic nitrogens is 4. The molecular formula is C27H27F2N7O2. The maximum atomic E-state index is 15.1. The molecule has 9 nitrogen and oxygen atoms in total. The van der Waals surface area contributed by atoms with Gasteiger partial charge in [-0.3, -0.25) is 15.0 Å².